The Kier molecular flexibility index (Phi) is 3.88. The van der Waals surface area contributed by atoms with E-state index in [1.807, 2.05) is 13.8 Å². The number of carbonyl (C=O) groups is 2. The fraction of sp³-hybridized carbons (Fsp3) is 0.333. The van der Waals surface area contributed by atoms with Gasteiger partial charge in [-0.15, -0.1) is 0 Å². The number of aliphatic carboxylic acids is 2. The number of dihydropyridines is 1. The molecule has 0 fully saturated rings. The van der Waals surface area contributed by atoms with Crippen LogP contribution in [0.2, 0.25) is 0 Å². The Labute approximate surface area is 121 Å². The van der Waals surface area contributed by atoms with Crippen LogP contribution in [0.3, 0.4) is 0 Å². The van der Waals surface area contributed by atoms with Gasteiger partial charge in [0.2, 0.25) is 0 Å². The van der Waals surface area contributed by atoms with Gasteiger partial charge in [-0.3, -0.25) is 0 Å². The maximum absolute atomic E-state index is 11.5. The monoisotopic (exact) mass is 291 g/mol. The van der Waals surface area contributed by atoms with Crippen LogP contribution < -0.4 is 5.32 Å². The van der Waals surface area contributed by atoms with Crippen LogP contribution in [0.25, 0.3) is 0 Å². The summed E-state index contributed by atoms with van der Waals surface area (Å²) < 4.78 is 5.46. The van der Waals surface area contributed by atoms with E-state index in [9.17, 15) is 19.8 Å². The lowest BCUT2D eigenvalue weighted by atomic mass is 9.71. The highest BCUT2D eigenvalue weighted by Crippen LogP contribution is 2.43. The van der Waals surface area contributed by atoms with Crippen molar-refractivity contribution in [1.82, 2.24) is 5.32 Å². The number of nitrogens with one attached hydrogen (secondary N) is 1. The second-order valence-electron chi connectivity index (χ2n) is 4.80. The molecule has 0 saturated carbocycles. The average Bonchev–Trinajstić information content (AvgIpc) is 2.99. The van der Waals surface area contributed by atoms with Gasteiger partial charge in [0, 0.05) is 0 Å². The minimum Gasteiger partial charge on any atom is -0.477 e. The second kappa shape index (κ2) is 5.47. The van der Waals surface area contributed by atoms with Gasteiger partial charge in [-0.25, -0.2) is 9.59 Å². The van der Waals surface area contributed by atoms with Crippen molar-refractivity contribution in [2.75, 3.05) is 0 Å². The van der Waals surface area contributed by atoms with Crippen molar-refractivity contribution in [2.24, 2.45) is 0 Å². The third kappa shape index (κ3) is 2.33. The third-order valence-electron chi connectivity index (χ3n) is 3.81. The predicted molar refractivity (Wildman–Crippen MR) is 74.5 cm³/mol. The van der Waals surface area contributed by atoms with Crippen LogP contribution in [0.5, 0.6) is 0 Å². The quantitative estimate of drug-likeness (QED) is 0.769. The van der Waals surface area contributed by atoms with Gasteiger partial charge in [0.1, 0.15) is 17.2 Å². The lowest BCUT2D eigenvalue weighted by Crippen LogP contribution is -2.39. The Morgan fingerprint density at radius 1 is 1.29 bits per heavy atom. The van der Waals surface area contributed by atoms with Gasteiger partial charge in [0.15, 0.2) is 0 Å². The van der Waals surface area contributed by atoms with Crippen LogP contribution in [-0.4, -0.2) is 22.2 Å². The molecule has 3 N–H and O–H groups in total. The summed E-state index contributed by atoms with van der Waals surface area (Å²) in [7, 11) is 0. The number of carboxylic acid groups (broad SMARTS) is 2. The summed E-state index contributed by atoms with van der Waals surface area (Å²) in [5.41, 5.74) is -0.485. The van der Waals surface area contributed by atoms with Crippen LogP contribution in [0.1, 0.15) is 32.4 Å². The molecule has 0 radical (unpaired) electrons. The molecule has 1 aliphatic rings. The lowest BCUT2D eigenvalue weighted by Gasteiger charge is -2.35. The topological polar surface area (TPSA) is 99.8 Å². The van der Waals surface area contributed by atoms with Crippen molar-refractivity contribution in [3.05, 3.63) is 47.2 Å². The fourth-order valence-corrected chi connectivity index (χ4v) is 2.83. The van der Waals surface area contributed by atoms with E-state index in [2.05, 4.69) is 5.32 Å². The summed E-state index contributed by atoms with van der Waals surface area (Å²) in [6.45, 7) is 3.71. The molecule has 21 heavy (non-hydrogen) atoms. The summed E-state index contributed by atoms with van der Waals surface area (Å²) in [6, 6.07) is 3.44. The molecule has 2 heterocycles. The van der Waals surface area contributed by atoms with Crippen LogP contribution in [-0.2, 0) is 15.0 Å². The molecule has 112 valence electrons. The second-order valence-corrected chi connectivity index (χ2v) is 4.80. The Morgan fingerprint density at radius 2 is 2.00 bits per heavy atom. The average molecular weight is 291 g/mol. The van der Waals surface area contributed by atoms with Crippen LogP contribution in [0.4, 0.5) is 0 Å². The van der Waals surface area contributed by atoms with Crippen molar-refractivity contribution < 1.29 is 24.2 Å². The Balaban J connectivity index is 2.74. The van der Waals surface area contributed by atoms with Gasteiger partial charge in [0.25, 0.3) is 0 Å². The maximum atomic E-state index is 11.5. The lowest BCUT2D eigenvalue weighted by molar-refractivity contribution is -0.133. The van der Waals surface area contributed by atoms with Crippen LogP contribution >= 0.6 is 0 Å². The molecular formula is C15H17NO5. The molecule has 0 aromatic carbocycles. The van der Waals surface area contributed by atoms with Gasteiger partial charge in [-0.05, 0) is 36.6 Å². The number of carboxylic acids is 2. The van der Waals surface area contributed by atoms with Gasteiger partial charge < -0.3 is 19.9 Å². The van der Waals surface area contributed by atoms with Gasteiger partial charge >= 0.3 is 11.9 Å². The molecule has 1 aromatic heterocycles. The van der Waals surface area contributed by atoms with Gasteiger partial charge in [-0.2, -0.15) is 0 Å². The Bertz CT molecular complexity index is 626. The first-order chi connectivity index (χ1) is 9.96. The van der Waals surface area contributed by atoms with E-state index in [1.54, 1.807) is 18.2 Å². The van der Waals surface area contributed by atoms with E-state index >= 15 is 0 Å². The van der Waals surface area contributed by atoms with Crippen molar-refractivity contribution in [1.29, 1.82) is 0 Å². The minimum atomic E-state index is -1.20. The van der Waals surface area contributed by atoms with Crippen LogP contribution in [0, 0.1) is 0 Å². The first-order valence-corrected chi connectivity index (χ1v) is 6.70. The van der Waals surface area contributed by atoms with Crippen molar-refractivity contribution >= 4 is 11.9 Å². The third-order valence-corrected chi connectivity index (χ3v) is 3.81. The maximum Gasteiger partial charge on any atom is 0.352 e. The fourth-order valence-electron chi connectivity index (χ4n) is 2.83. The molecule has 0 amide bonds. The molecule has 6 nitrogen and oxygen atoms in total. The minimum absolute atomic E-state index is 0.0874. The Morgan fingerprint density at radius 3 is 2.43 bits per heavy atom. The summed E-state index contributed by atoms with van der Waals surface area (Å²) in [5.74, 6) is -1.84. The zero-order chi connectivity index (χ0) is 15.6. The zero-order valence-corrected chi connectivity index (χ0v) is 11.8. The molecule has 0 aliphatic carbocycles. The number of hydrogen-bond donors (Lipinski definition) is 3. The normalized spacial score (nSPS) is 21.7. The highest BCUT2D eigenvalue weighted by molar-refractivity contribution is 5.94. The number of hydrogen-bond acceptors (Lipinski definition) is 4. The van der Waals surface area contributed by atoms with Crippen molar-refractivity contribution in [3.63, 3.8) is 0 Å². The van der Waals surface area contributed by atoms with Crippen molar-refractivity contribution in [2.45, 2.75) is 32.1 Å². The molecule has 1 aliphatic heterocycles. The molecule has 1 aromatic rings. The van der Waals surface area contributed by atoms with E-state index in [0.29, 0.717) is 24.2 Å². The predicted octanol–water partition coefficient (Wildman–Crippen LogP) is 2.25. The van der Waals surface area contributed by atoms with Crippen molar-refractivity contribution in [3.8, 4) is 0 Å². The van der Waals surface area contributed by atoms with Gasteiger partial charge in [-0.1, -0.05) is 13.8 Å². The molecule has 1 atom stereocenters. The zero-order valence-electron chi connectivity index (χ0n) is 11.8. The summed E-state index contributed by atoms with van der Waals surface area (Å²) >= 11 is 0. The summed E-state index contributed by atoms with van der Waals surface area (Å²) in [6.07, 6.45) is 4.00. The molecular weight excluding hydrogens is 274 g/mol. The van der Waals surface area contributed by atoms with E-state index < -0.39 is 17.4 Å². The summed E-state index contributed by atoms with van der Waals surface area (Å²) in [5, 5.41) is 21.1. The highest BCUT2D eigenvalue weighted by Gasteiger charge is 2.42. The highest BCUT2D eigenvalue weighted by atomic mass is 16.4. The number of rotatable bonds is 5. The molecule has 1 unspecified atom stereocenters. The smallest absolute Gasteiger partial charge is 0.352 e. The molecule has 2 rings (SSSR count). The van der Waals surface area contributed by atoms with E-state index in [0.717, 1.165) is 0 Å². The summed E-state index contributed by atoms with van der Waals surface area (Å²) in [4.78, 5) is 22.8. The molecule has 0 spiro atoms. The number of furan rings is 1. The Hall–Kier alpha value is -2.50. The SMILES string of the molecule is CCC1=C(C(=O)O)NC(C(=O)O)=CC1(CC)c1ccco1. The largest absolute Gasteiger partial charge is 0.477 e. The van der Waals surface area contributed by atoms with Gasteiger partial charge in [0.05, 0.1) is 11.7 Å². The molecule has 6 heteroatoms. The first-order valence-electron chi connectivity index (χ1n) is 6.70. The standard InChI is InChI=1S/C15H17NO5/c1-3-9-12(14(19)20)16-10(13(17)18)8-15(9,4-2)11-6-5-7-21-11/h5-8,16H,3-4H2,1-2H3,(H,17,18)(H,19,20). The molecule has 0 saturated heterocycles. The molecule has 0 bridgehead atoms. The van der Waals surface area contributed by atoms with E-state index in [1.165, 1.54) is 6.26 Å². The van der Waals surface area contributed by atoms with Crippen LogP contribution in [0.15, 0.2) is 45.9 Å². The van der Waals surface area contributed by atoms with E-state index in [4.69, 9.17) is 4.42 Å². The van der Waals surface area contributed by atoms with E-state index in [-0.39, 0.29) is 11.4 Å². The first kappa shape index (κ1) is 14.9. The number of allylic oxidation sites excluding steroid dienone is 2.